The molecule has 8 heteroatoms. The third kappa shape index (κ3) is 4.33. The minimum Gasteiger partial charge on any atom is -0.396 e. The molecule has 0 bridgehead atoms. The number of anilines is 2. The zero-order valence-electron chi connectivity index (χ0n) is 12.5. The summed E-state index contributed by atoms with van der Waals surface area (Å²) in [5, 5.41) is 5.67. The number of nitrogen functional groups attached to an aromatic ring is 1. The fourth-order valence-electron chi connectivity index (χ4n) is 1.72. The third-order valence-electron chi connectivity index (χ3n) is 2.87. The van der Waals surface area contributed by atoms with Gasteiger partial charge in [-0.2, -0.15) is 0 Å². The van der Waals surface area contributed by atoms with Crippen LogP contribution in [0.3, 0.4) is 0 Å². The van der Waals surface area contributed by atoms with Crippen LogP contribution in [0.4, 0.5) is 11.4 Å². The molecule has 0 aromatic heterocycles. The normalized spacial score (nSPS) is 11.4. The molecule has 1 aromatic rings. The van der Waals surface area contributed by atoms with E-state index in [1.807, 2.05) is 6.92 Å². The summed E-state index contributed by atoms with van der Waals surface area (Å²) in [6.45, 7) is 2.80. The highest BCUT2D eigenvalue weighted by Crippen LogP contribution is 2.28. The molecular weight excluding hydrogens is 292 g/mol. The molecule has 0 aliphatic heterocycles. The van der Waals surface area contributed by atoms with Gasteiger partial charge < -0.3 is 16.4 Å². The quantitative estimate of drug-likeness (QED) is 0.634. The molecule has 0 radical (unpaired) electrons. The summed E-state index contributed by atoms with van der Waals surface area (Å²) >= 11 is 0. The Labute approximate surface area is 125 Å². The van der Waals surface area contributed by atoms with Gasteiger partial charge >= 0.3 is 0 Å². The van der Waals surface area contributed by atoms with Crippen molar-refractivity contribution in [3.8, 4) is 0 Å². The van der Waals surface area contributed by atoms with Crippen LogP contribution in [0.25, 0.3) is 0 Å². The number of carbonyl (C=O) groups excluding carboxylic acids is 1. The second kappa shape index (κ2) is 7.28. The lowest BCUT2D eigenvalue weighted by Gasteiger charge is -2.16. The van der Waals surface area contributed by atoms with Crippen molar-refractivity contribution in [2.45, 2.75) is 18.2 Å². The van der Waals surface area contributed by atoms with Gasteiger partial charge in [-0.3, -0.25) is 4.79 Å². The maximum absolute atomic E-state index is 12.1. The molecule has 7 nitrogen and oxygen atoms in total. The summed E-state index contributed by atoms with van der Waals surface area (Å²) in [4.78, 5) is 11.4. The largest absolute Gasteiger partial charge is 0.396 e. The number of hydrogen-bond donors (Lipinski definition) is 3. The van der Waals surface area contributed by atoms with E-state index in [9.17, 15) is 13.2 Å². The van der Waals surface area contributed by atoms with Gasteiger partial charge in [0.15, 0.2) is 0 Å². The van der Waals surface area contributed by atoms with E-state index in [1.165, 1.54) is 20.2 Å². The number of amides is 1. The number of nitrogens with zero attached hydrogens (tertiary/aromatic N) is 1. The van der Waals surface area contributed by atoms with E-state index in [0.29, 0.717) is 18.8 Å². The predicted molar refractivity (Wildman–Crippen MR) is 83.5 cm³/mol. The lowest BCUT2D eigenvalue weighted by molar-refractivity contribution is -0.120. The Morgan fingerprint density at radius 2 is 2.00 bits per heavy atom. The maximum Gasteiger partial charge on any atom is 0.244 e. The molecule has 1 aromatic carbocycles. The minimum atomic E-state index is -3.59. The molecule has 1 amide bonds. The number of para-hydroxylation sites is 1. The van der Waals surface area contributed by atoms with Crippen LogP contribution < -0.4 is 16.4 Å². The first kappa shape index (κ1) is 17.3. The smallest absolute Gasteiger partial charge is 0.244 e. The topological polar surface area (TPSA) is 105 Å². The number of hydrogen-bond acceptors (Lipinski definition) is 5. The van der Waals surface area contributed by atoms with Crippen molar-refractivity contribution in [2.24, 2.45) is 0 Å². The van der Waals surface area contributed by atoms with Crippen molar-refractivity contribution >= 4 is 27.3 Å². The number of sulfonamides is 1. The van der Waals surface area contributed by atoms with Crippen LogP contribution in [0, 0.1) is 0 Å². The van der Waals surface area contributed by atoms with Gasteiger partial charge in [-0.25, -0.2) is 12.7 Å². The highest BCUT2D eigenvalue weighted by Gasteiger charge is 2.21. The molecule has 0 saturated carbocycles. The molecule has 118 valence electrons. The van der Waals surface area contributed by atoms with Crippen LogP contribution in [-0.2, 0) is 14.8 Å². The van der Waals surface area contributed by atoms with E-state index < -0.39 is 10.0 Å². The summed E-state index contributed by atoms with van der Waals surface area (Å²) in [5.41, 5.74) is 6.57. The van der Waals surface area contributed by atoms with Crippen LogP contribution in [0.5, 0.6) is 0 Å². The first-order valence-corrected chi connectivity index (χ1v) is 8.06. The van der Waals surface area contributed by atoms with Crippen LogP contribution in [-0.4, -0.2) is 45.8 Å². The van der Waals surface area contributed by atoms with Gasteiger partial charge in [0.2, 0.25) is 15.9 Å². The Hall–Kier alpha value is -1.80. The number of nitrogens with two attached hydrogens (primary N) is 1. The number of carbonyl (C=O) groups is 1. The number of nitrogens with one attached hydrogen (secondary N) is 2. The van der Waals surface area contributed by atoms with Crippen LogP contribution >= 0.6 is 0 Å². The van der Waals surface area contributed by atoms with Crippen LogP contribution in [0.2, 0.25) is 0 Å². The molecule has 0 spiro atoms. The standard InChI is InChI=1S/C13H22N4O3S/c1-4-15-12(18)8-9-16-10-6-5-7-11(13(10)14)21(19,20)17(2)3/h5-7,16H,4,8-9,14H2,1-3H3,(H,15,18). The summed E-state index contributed by atoms with van der Waals surface area (Å²) in [6, 6.07) is 4.75. The lowest BCUT2D eigenvalue weighted by atomic mass is 10.2. The summed E-state index contributed by atoms with van der Waals surface area (Å²) in [6.07, 6.45) is 0.290. The van der Waals surface area contributed by atoms with E-state index in [0.717, 1.165) is 4.31 Å². The Kier molecular flexibility index (Phi) is 5.98. The van der Waals surface area contributed by atoms with Crippen molar-refractivity contribution in [2.75, 3.05) is 38.2 Å². The Bertz CT molecular complexity index is 599. The lowest BCUT2D eigenvalue weighted by Crippen LogP contribution is -2.25. The average molecular weight is 314 g/mol. The van der Waals surface area contributed by atoms with Crippen LogP contribution in [0.1, 0.15) is 13.3 Å². The second-order valence-corrected chi connectivity index (χ2v) is 6.76. The average Bonchev–Trinajstić information content (AvgIpc) is 2.40. The number of benzene rings is 1. The van der Waals surface area contributed by atoms with Gasteiger partial charge in [0.05, 0.1) is 11.4 Å². The van der Waals surface area contributed by atoms with Crippen molar-refractivity contribution < 1.29 is 13.2 Å². The zero-order chi connectivity index (χ0) is 16.0. The molecule has 0 heterocycles. The highest BCUT2D eigenvalue weighted by molar-refractivity contribution is 7.89. The predicted octanol–water partition coefficient (Wildman–Crippen LogP) is 0.457. The molecule has 1 rings (SSSR count). The highest BCUT2D eigenvalue weighted by atomic mass is 32.2. The Morgan fingerprint density at radius 3 is 2.57 bits per heavy atom. The van der Waals surface area contributed by atoms with Crippen molar-refractivity contribution in [3.63, 3.8) is 0 Å². The van der Waals surface area contributed by atoms with Gasteiger partial charge in [0.25, 0.3) is 0 Å². The Balaban J connectivity index is 2.85. The first-order valence-electron chi connectivity index (χ1n) is 6.62. The maximum atomic E-state index is 12.1. The van der Waals surface area contributed by atoms with E-state index in [1.54, 1.807) is 12.1 Å². The SMILES string of the molecule is CCNC(=O)CCNc1cccc(S(=O)(=O)N(C)C)c1N. The van der Waals surface area contributed by atoms with E-state index in [2.05, 4.69) is 10.6 Å². The third-order valence-corrected chi connectivity index (χ3v) is 4.74. The minimum absolute atomic E-state index is 0.0514. The summed E-state index contributed by atoms with van der Waals surface area (Å²) in [5.74, 6) is -0.0689. The molecule has 0 unspecified atom stereocenters. The second-order valence-electron chi connectivity index (χ2n) is 4.64. The summed E-state index contributed by atoms with van der Waals surface area (Å²) in [7, 11) is -0.694. The van der Waals surface area contributed by atoms with Crippen LogP contribution in [0.15, 0.2) is 23.1 Å². The van der Waals surface area contributed by atoms with Gasteiger partial charge in [-0.1, -0.05) is 6.07 Å². The molecule has 0 saturated heterocycles. The first-order chi connectivity index (χ1) is 9.80. The van der Waals surface area contributed by atoms with E-state index in [4.69, 9.17) is 5.73 Å². The van der Waals surface area contributed by atoms with Crippen molar-refractivity contribution in [3.05, 3.63) is 18.2 Å². The fourth-order valence-corrected chi connectivity index (χ4v) is 2.75. The van der Waals surface area contributed by atoms with Crippen molar-refractivity contribution in [1.29, 1.82) is 0 Å². The molecule has 21 heavy (non-hydrogen) atoms. The molecule has 0 fully saturated rings. The molecule has 0 aliphatic rings. The molecule has 4 N–H and O–H groups in total. The molecular formula is C13H22N4O3S. The molecule has 0 aliphatic carbocycles. The number of rotatable bonds is 7. The molecule has 0 atom stereocenters. The fraction of sp³-hybridized carbons (Fsp3) is 0.462. The Morgan fingerprint density at radius 1 is 1.33 bits per heavy atom. The van der Waals surface area contributed by atoms with Gasteiger partial charge in [0.1, 0.15) is 4.90 Å². The summed E-state index contributed by atoms with van der Waals surface area (Å²) < 4.78 is 25.4. The van der Waals surface area contributed by atoms with Gasteiger partial charge in [-0.15, -0.1) is 0 Å². The monoisotopic (exact) mass is 314 g/mol. The van der Waals surface area contributed by atoms with Gasteiger partial charge in [-0.05, 0) is 19.1 Å². The van der Waals surface area contributed by atoms with E-state index in [-0.39, 0.29) is 22.9 Å². The van der Waals surface area contributed by atoms with Gasteiger partial charge in [0, 0.05) is 33.6 Å². The van der Waals surface area contributed by atoms with Crippen molar-refractivity contribution in [1.82, 2.24) is 9.62 Å². The zero-order valence-corrected chi connectivity index (χ0v) is 13.3. The van der Waals surface area contributed by atoms with E-state index >= 15 is 0 Å².